The quantitative estimate of drug-likeness (QED) is 0.684. The highest BCUT2D eigenvalue weighted by Gasteiger charge is 2.21. The van der Waals surface area contributed by atoms with Gasteiger partial charge >= 0.3 is 0 Å². The van der Waals surface area contributed by atoms with Gasteiger partial charge in [-0.05, 0) is 25.1 Å². The smallest absolute Gasteiger partial charge is 0.295 e. The number of carbonyl (C=O) groups excluding carboxylic acids is 1. The molecule has 1 amide bonds. The second kappa shape index (κ2) is 7.92. The van der Waals surface area contributed by atoms with Gasteiger partial charge in [0.25, 0.3) is 5.91 Å². The van der Waals surface area contributed by atoms with Crippen LogP contribution >= 0.6 is 0 Å². The van der Waals surface area contributed by atoms with Crippen molar-refractivity contribution in [1.82, 2.24) is 4.57 Å². The number of morpholine rings is 1. The zero-order valence-corrected chi connectivity index (χ0v) is 15.8. The highest BCUT2D eigenvalue weighted by atomic mass is 16.5. The van der Waals surface area contributed by atoms with E-state index in [0.717, 1.165) is 29.6 Å². The summed E-state index contributed by atoms with van der Waals surface area (Å²) < 4.78 is 7.25. The lowest BCUT2D eigenvalue weighted by atomic mass is 10.1. The molecule has 0 aliphatic carbocycles. The topological polar surface area (TPSA) is 80.6 Å². The first-order valence-electron chi connectivity index (χ1n) is 9.38. The third-order valence-electron chi connectivity index (χ3n) is 5.00. The van der Waals surface area contributed by atoms with Crippen LogP contribution in [-0.4, -0.2) is 41.9 Å². The number of rotatable bonds is 4. The largest absolute Gasteiger partial charge is 0.493 e. The van der Waals surface area contributed by atoms with Crippen LogP contribution in [0.5, 0.6) is 5.88 Å². The fourth-order valence-electron chi connectivity index (χ4n) is 3.50. The van der Waals surface area contributed by atoms with Crippen molar-refractivity contribution in [1.29, 1.82) is 0 Å². The van der Waals surface area contributed by atoms with Gasteiger partial charge in [-0.15, -0.1) is 10.2 Å². The molecule has 0 saturated carbocycles. The Balaban J connectivity index is 1.67. The number of benzene rings is 2. The molecule has 2 N–H and O–H groups in total. The van der Waals surface area contributed by atoms with Crippen molar-refractivity contribution in [2.75, 3.05) is 26.3 Å². The van der Waals surface area contributed by atoms with Gasteiger partial charge in [0.2, 0.25) is 5.88 Å². The lowest BCUT2D eigenvalue weighted by Crippen LogP contribution is -3.13. The standard InChI is InChI=1S/C21H22N4O3/c1-15-5-4-6-16(13-15)20(26)23-22-19-17-7-2-3-8-18(17)25(21(19)27)14-24-9-11-28-12-10-24/h2-8,13,27H,9-12,14H2,1H3/p+1. The van der Waals surface area contributed by atoms with E-state index in [-0.39, 0.29) is 5.88 Å². The predicted octanol–water partition coefficient (Wildman–Crippen LogP) is 2.45. The number of nitrogens with zero attached hydrogens (tertiary/aromatic N) is 3. The van der Waals surface area contributed by atoms with Crippen molar-refractivity contribution in [2.45, 2.75) is 13.6 Å². The van der Waals surface area contributed by atoms with E-state index in [1.54, 1.807) is 12.1 Å². The van der Waals surface area contributed by atoms with Crippen molar-refractivity contribution >= 4 is 22.5 Å². The van der Waals surface area contributed by atoms with E-state index in [4.69, 9.17) is 4.74 Å². The van der Waals surface area contributed by atoms with E-state index in [0.29, 0.717) is 31.1 Å². The summed E-state index contributed by atoms with van der Waals surface area (Å²) in [5.74, 6) is -0.403. The lowest BCUT2D eigenvalue weighted by molar-refractivity contribution is -0.930. The molecule has 7 nitrogen and oxygen atoms in total. The Kier molecular flexibility index (Phi) is 5.18. The monoisotopic (exact) mass is 379 g/mol. The van der Waals surface area contributed by atoms with Crippen molar-refractivity contribution < 1.29 is 19.5 Å². The van der Waals surface area contributed by atoms with Crippen LogP contribution in [0, 0.1) is 6.92 Å². The summed E-state index contributed by atoms with van der Waals surface area (Å²) in [4.78, 5) is 13.7. The molecule has 3 aromatic rings. The maximum Gasteiger partial charge on any atom is 0.295 e. The van der Waals surface area contributed by atoms with E-state index in [1.165, 1.54) is 4.90 Å². The Labute approximate surface area is 162 Å². The average molecular weight is 379 g/mol. The zero-order chi connectivity index (χ0) is 19.5. The number of nitrogens with one attached hydrogen (secondary N) is 1. The van der Waals surface area contributed by atoms with Gasteiger partial charge in [0.1, 0.15) is 13.1 Å². The highest BCUT2D eigenvalue weighted by Crippen LogP contribution is 2.38. The molecule has 0 radical (unpaired) electrons. The number of aryl methyl sites for hydroxylation is 1. The Morgan fingerprint density at radius 3 is 2.75 bits per heavy atom. The van der Waals surface area contributed by atoms with Gasteiger partial charge < -0.3 is 14.7 Å². The summed E-state index contributed by atoms with van der Waals surface area (Å²) in [6.07, 6.45) is 0. The first-order chi connectivity index (χ1) is 13.6. The summed E-state index contributed by atoms with van der Waals surface area (Å²) in [6.45, 7) is 5.72. The minimum Gasteiger partial charge on any atom is -0.493 e. The molecule has 2 heterocycles. The Morgan fingerprint density at radius 2 is 1.96 bits per heavy atom. The minimum atomic E-state index is -0.432. The van der Waals surface area contributed by atoms with Gasteiger partial charge in [-0.3, -0.25) is 9.36 Å². The van der Waals surface area contributed by atoms with E-state index >= 15 is 0 Å². The van der Waals surface area contributed by atoms with Gasteiger partial charge in [0, 0.05) is 10.9 Å². The van der Waals surface area contributed by atoms with E-state index in [2.05, 4.69) is 10.2 Å². The van der Waals surface area contributed by atoms with Crippen molar-refractivity contribution in [2.24, 2.45) is 10.2 Å². The van der Waals surface area contributed by atoms with Crippen LogP contribution in [0.3, 0.4) is 0 Å². The number of aromatic nitrogens is 1. The first-order valence-corrected chi connectivity index (χ1v) is 9.38. The lowest BCUT2D eigenvalue weighted by Gasteiger charge is -2.24. The van der Waals surface area contributed by atoms with Gasteiger partial charge in [-0.2, -0.15) is 0 Å². The zero-order valence-electron chi connectivity index (χ0n) is 15.8. The Hall–Kier alpha value is -3.03. The van der Waals surface area contributed by atoms with Crippen LogP contribution in [0.4, 0.5) is 5.69 Å². The number of amides is 1. The normalized spacial score (nSPS) is 15.5. The summed E-state index contributed by atoms with van der Waals surface area (Å²) in [7, 11) is 0. The molecule has 28 heavy (non-hydrogen) atoms. The molecule has 0 atom stereocenters. The molecule has 4 rings (SSSR count). The van der Waals surface area contributed by atoms with Crippen molar-refractivity contribution in [3.8, 4) is 5.88 Å². The highest BCUT2D eigenvalue weighted by molar-refractivity contribution is 5.97. The number of aromatic hydroxyl groups is 1. The van der Waals surface area contributed by atoms with Gasteiger partial charge in [-0.1, -0.05) is 35.9 Å². The maximum atomic E-state index is 12.4. The average Bonchev–Trinajstić information content (AvgIpc) is 2.98. The van der Waals surface area contributed by atoms with E-state index in [1.807, 2.05) is 47.9 Å². The van der Waals surface area contributed by atoms with Crippen LogP contribution in [0.25, 0.3) is 10.9 Å². The molecule has 1 aliphatic rings. The van der Waals surface area contributed by atoms with E-state index < -0.39 is 5.91 Å². The molecule has 1 aromatic heterocycles. The SMILES string of the molecule is Cc1cccc(C(=O)N=Nc2c(O)n(C[NH+]3CCOCC3)c3ccccc23)c1. The molecular formula is C21H23N4O3+. The Morgan fingerprint density at radius 1 is 1.18 bits per heavy atom. The summed E-state index contributed by atoms with van der Waals surface area (Å²) in [5, 5.41) is 19.6. The number of carbonyl (C=O) groups is 1. The number of hydrogen-bond donors (Lipinski definition) is 2. The summed E-state index contributed by atoms with van der Waals surface area (Å²) in [6, 6.07) is 14.8. The van der Waals surface area contributed by atoms with Gasteiger partial charge in [0.15, 0.2) is 12.4 Å². The first kappa shape index (κ1) is 18.3. The van der Waals surface area contributed by atoms with Gasteiger partial charge in [-0.25, -0.2) is 0 Å². The molecule has 1 saturated heterocycles. The molecule has 144 valence electrons. The third-order valence-corrected chi connectivity index (χ3v) is 5.00. The molecule has 0 bridgehead atoms. The predicted molar refractivity (Wildman–Crippen MR) is 105 cm³/mol. The molecule has 1 fully saturated rings. The number of azo groups is 1. The maximum absolute atomic E-state index is 12.4. The van der Waals surface area contributed by atoms with E-state index in [9.17, 15) is 9.90 Å². The van der Waals surface area contributed by atoms with Gasteiger partial charge in [0.05, 0.1) is 18.7 Å². The molecule has 2 aromatic carbocycles. The van der Waals surface area contributed by atoms with Crippen molar-refractivity contribution in [3.05, 3.63) is 59.7 Å². The number of ether oxygens (including phenoxy) is 1. The number of hydrogen-bond acceptors (Lipinski definition) is 4. The van der Waals surface area contributed by atoms with Crippen LogP contribution in [-0.2, 0) is 11.4 Å². The summed E-state index contributed by atoms with van der Waals surface area (Å²) >= 11 is 0. The molecule has 0 spiro atoms. The molecule has 0 unspecified atom stereocenters. The molecular weight excluding hydrogens is 356 g/mol. The molecule has 1 aliphatic heterocycles. The van der Waals surface area contributed by atoms with Crippen LogP contribution < -0.4 is 4.90 Å². The number of fused-ring (bicyclic) bond motifs is 1. The van der Waals surface area contributed by atoms with Crippen LogP contribution in [0.15, 0.2) is 58.8 Å². The summed E-state index contributed by atoms with van der Waals surface area (Å²) in [5.41, 5.74) is 2.65. The minimum absolute atomic E-state index is 0.0287. The third kappa shape index (κ3) is 3.67. The Bertz CT molecular complexity index is 1040. The second-order valence-corrected chi connectivity index (χ2v) is 7.01. The van der Waals surface area contributed by atoms with Crippen LogP contribution in [0.1, 0.15) is 15.9 Å². The van der Waals surface area contributed by atoms with Crippen LogP contribution in [0.2, 0.25) is 0 Å². The fraction of sp³-hybridized carbons (Fsp3) is 0.286. The molecule has 7 heteroatoms. The fourth-order valence-corrected chi connectivity index (χ4v) is 3.50. The number of quaternary nitrogens is 1. The van der Waals surface area contributed by atoms with Crippen molar-refractivity contribution in [3.63, 3.8) is 0 Å². The second-order valence-electron chi connectivity index (χ2n) is 7.01. The number of para-hydroxylation sites is 1.